The first-order valence-electron chi connectivity index (χ1n) is 7.36. The van der Waals surface area contributed by atoms with Crippen LogP contribution < -0.4 is 0 Å². The van der Waals surface area contributed by atoms with Crippen LogP contribution in [0.25, 0.3) is 5.52 Å². The molecule has 1 atom stereocenters. The first-order valence-corrected chi connectivity index (χ1v) is 7.36. The van der Waals surface area contributed by atoms with Crippen molar-refractivity contribution < 1.29 is 4.79 Å². The maximum atomic E-state index is 12.9. The summed E-state index contributed by atoms with van der Waals surface area (Å²) in [5, 5.41) is 0. The van der Waals surface area contributed by atoms with Crippen molar-refractivity contribution >= 4 is 11.3 Å². The van der Waals surface area contributed by atoms with Crippen LogP contribution in [-0.4, -0.2) is 20.2 Å². The Kier molecular flexibility index (Phi) is 2.70. The number of imidazole rings is 1. The molecule has 0 saturated heterocycles. The molecule has 1 aliphatic carbocycles. The van der Waals surface area contributed by atoms with Crippen LogP contribution >= 0.6 is 0 Å². The number of aryl methyl sites for hydroxylation is 2. The van der Waals surface area contributed by atoms with Gasteiger partial charge in [0.15, 0.2) is 5.78 Å². The van der Waals surface area contributed by atoms with Gasteiger partial charge in [-0.15, -0.1) is 0 Å². The Morgan fingerprint density at radius 2 is 2.33 bits per heavy atom. The Labute approximate surface area is 122 Å². The van der Waals surface area contributed by atoms with E-state index in [4.69, 9.17) is 0 Å². The second-order valence-electron chi connectivity index (χ2n) is 5.79. The van der Waals surface area contributed by atoms with E-state index in [0.29, 0.717) is 0 Å². The minimum absolute atomic E-state index is 0.0590. The molecular weight excluding hydrogens is 262 g/mol. The second kappa shape index (κ2) is 4.58. The van der Waals surface area contributed by atoms with E-state index in [1.807, 2.05) is 37.4 Å². The molecule has 0 amide bonds. The summed E-state index contributed by atoms with van der Waals surface area (Å²) in [4.78, 5) is 20.4. The molecule has 0 radical (unpaired) electrons. The Bertz CT molecular complexity index is 828. The number of nitrogens with zero attached hydrogens (tertiary/aromatic N) is 2. The summed E-state index contributed by atoms with van der Waals surface area (Å²) in [7, 11) is 0. The zero-order valence-corrected chi connectivity index (χ0v) is 12.0. The predicted octanol–water partition coefficient (Wildman–Crippen LogP) is 2.96. The molecule has 106 valence electrons. The number of ketones is 1. The monoisotopic (exact) mass is 279 g/mol. The zero-order chi connectivity index (χ0) is 14.4. The van der Waals surface area contributed by atoms with Crippen molar-refractivity contribution in [2.75, 3.05) is 0 Å². The molecule has 1 aliphatic rings. The number of carbonyl (C=O) groups excluding carboxylic acids is 1. The molecule has 3 heterocycles. The Balaban J connectivity index is 1.71. The van der Waals surface area contributed by atoms with Gasteiger partial charge in [-0.1, -0.05) is 6.07 Å². The van der Waals surface area contributed by atoms with Gasteiger partial charge < -0.3 is 9.38 Å². The van der Waals surface area contributed by atoms with Gasteiger partial charge in [-0.05, 0) is 44.4 Å². The molecule has 0 aliphatic heterocycles. The average molecular weight is 279 g/mol. The predicted molar refractivity (Wildman–Crippen MR) is 80.6 cm³/mol. The first kappa shape index (κ1) is 12.4. The summed E-state index contributed by atoms with van der Waals surface area (Å²) in [5.41, 5.74) is 5.21. The summed E-state index contributed by atoms with van der Waals surface area (Å²) >= 11 is 0. The molecule has 0 aromatic carbocycles. The minimum Gasteiger partial charge on any atom is -0.348 e. The molecule has 1 N–H and O–H groups in total. The van der Waals surface area contributed by atoms with Gasteiger partial charge in [0.1, 0.15) is 0 Å². The minimum atomic E-state index is 0.0590. The number of H-pyrrole nitrogens is 1. The van der Waals surface area contributed by atoms with Gasteiger partial charge in [0.25, 0.3) is 0 Å². The molecule has 4 heteroatoms. The van der Waals surface area contributed by atoms with E-state index in [9.17, 15) is 4.79 Å². The fourth-order valence-corrected chi connectivity index (χ4v) is 3.36. The molecule has 0 fully saturated rings. The van der Waals surface area contributed by atoms with Gasteiger partial charge in [0.2, 0.25) is 0 Å². The van der Waals surface area contributed by atoms with Gasteiger partial charge in [0, 0.05) is 29.1 Å². The number of rotatable bonds is 2. The summed E-state index contributed by atoms with van der Waals surface area (Å²) in [6, 6.07) is 8.01. The Hall–Kier alpha value is -2.36. The highest BCUT2D eigenvalue weighted by atomic mass is 16.1. The quantitative estimate of drug-likeness (QED) is 0.733. The smallest absolute Gasteiger partial charge is 0.168 e. The highest BCUT2D eigenvalue weighted by Gasteiger charge is 2.28. The number of hydrogen-bond donors (Lipinski definition) is 1. The van der Waals surface area contributed by atoms with Crippen LogP contribution in [0.5, 0.6) is 0 Å². The van der Waals surface area contributed by atoms with Crippen molar-refractivity contribution in [2.24, 2.45) is 5.92 Å². The number of fused-ring (bicyclic) bond motifs is 2. The molecular formula is C17H17N3O. The normalized spacial score (nSPS) is 17.9. The number of aromatic nitrogens is 3. The van der Waals surface area contributed by atoms with Gasteiger partial charge in [-0.2, -0.15) is 0 Å². The van der Waals surface area contributed by atoms with Gasteiger partial charge >= 0.3 is 0 Å². The van der Waals surface area contributed by atoms with E-state index in [1.54, 1.807) is 6.33 Å². The van der Waals surface area contributed by atoms with Crippen LogP contribution in [0.15, 0.2) is 36.8 Å². The fourth-order valence-electron chi connectivity index (χ4n) is 3.36. The lowest BCUT2D eigenvalue weighted by molar-refractivity contribution is 0.0909. The van der Waals surface area contributed by atoms with Crippen LogP contribution in [0.1, 0.15) is 33.9 Å². The van der Waals surface area contributed by atoms with Crippen LogP contribution in [0, 0.1) is 12.8 Å². The maximum Gasteiger partial charge on any atom is 0.168 e. The SMILES string of the molecule is Cc1cc(C(=O)[C@@H]2CCc3nc[nH]c3C2)c2ccccn12. The summed E-state index contributed by atoms with van der Waals surface area (Å²) in [5.74, 6) is 0.316. The number of hydrogen-bond acceptors (Lipinski definition) is 2. The number of carbonyl (C=O) groups is 1. The van der Waals surface area contributed by atoms with Crippen molar-refractivity contribution in [3.8, 4) is 0 Å². The highest BCUT2D eigenvalue weighted by molar-refractivity contribution is 6.04. The number of nitrogens with one attached hydrogen (secondary N) is 1. The average Bonchev–Trinajstić information content (AvgIpc) is 3.11. The lowest BCUT2D eigenvalue weighted by atomic mass is 9.84. The molecule has 0 saturated carbocycles. The van der Waals surface area contributed by atoms with Crippen molar-refractivity contribution in [1.82, 2.24) is 14.4 Å². The largest absolute Gasteiger partial charge is 0.348 e. The zero-order valence-electron chi connectivity index (χ0n) is 12.0. The topological polar surface area (TPSA) is 50.2 Å². The van der Waals surface area contributed by atoms with E-state index >= 15 is 0 Å². The summed E-state index contributed by atoms with van der Waals surface area (Å²) < 4.78 is 2.08. The van der Waals surface area contributed by atoms with Crippen molar-refractivity contribution in [3.05, 3.63) is 59.4 Å². The lowest BCUT2D eigenvalue weighted by Crippen LogP contribution is -2.22. The van der Waals surface area contributed by atoms with E-state index in [1.165, 1.54) is 0 Å². The van der Waals surface area contributed by atoms with Gasteiger partial charge in [-0.25, -0.2) is 4.98 Å². The van der Waals surface area contributed by atoms with Crippen LogP contribution in [0.4, 0.5) is 0 Å². The number of aromatic amines is 1. The molecule has 0 unspecified atom stereocenters. The van der Waals surface area contributed by atoms with E-state index in [-0.39, 0.29) is 11.7 Å². The molecule has 4 nitrogen and oxygen atoms in total. The third-order valence-electron chi connectivity index (χ3n) is 4.49. The maximum absolute atomic E-state index is 12.9. The van der Waals surface area contributed by atoms with Crippen LogP contribution in [0.3, 0.4) is 0 Å². The third-order valence-corrected chi connectivity index (χ3v) is 4.49. The molecule has 3 aromatic heterocycles. The molecule has 3 aromatic rings. The lowest BCUT2D eigenvalue weighted by Gasteiger charge is -2.19. The van der Waals surface area contributed by atoms with E-state index in [2.05, 4.69) is 14.4 Å². The Morgan fingerprint density at radius 3 is 3.24 bits per heavy atom. The molecule has 0 spiro atoms. The summed E-state index contributed by atoms with van der Waals surface area (Å²) in [6.07, 6.45) is 6.29. The highest BCUT2D eigenvalue weighted by Crippen LogP contribution is 2.28. The fraction of sp³-hybridized carbons (Fsp3) is 0.294. The standard InChI is InChI=1S/C17H17N3O/c1-11-8-13(16-4-2-3-7-20(11)16)17(21)12-5-6-14-15(9-12)19-10-18-14/h2-4,7-8,10,12H,5-6,9H2,1H3,(H,18,19)/t12-/m1/s1. The van der Waals surface area contributed by atoms with E-state index < -0.39 is 0 Å². The van der Waals surface area contributed by atoms with Gasteiger partial charge in [0.05, 0.1) is 17.5 Å². The number of pyridine rings is 1. The van der Waals surface area contributed by atoms with Crippen LogP contribution in [-0.2, 0) is 12.8 Å². The first-order chi connectivity index (χ1) is 10.2. The van der Waals surface area contributed by atoms with Crippen molar-refractivity contribution in [1.29, 1.82) is 0 Å². The van der Waals surface area contributed by atoms with Crippen molar-refractivity contribution in [3.63, 3.8) is 0 Å². The third kappa shape index (κ3) is 1.90. The summed E-state index contributed by atoms with van der Waals surface area (Å²) in [6.45, 7) is 2.04. The van der Waals surface area contributed by atoms with Crippen molar-refractivity contribution in [2.45, 2.75) is 26.2 Å². The molecule has 21 heavy (non-hydrogen) atoms. The van der Waals surface area contributed by atoms with Crippen LogP contribution in [0.2, 0.25) is 0 Å². The number of Topliss-reactive ketones (excluding diaryl/α,β-unsaturated/α-hetero) is 1. The van der Waals surface area contributed by atoms with E-state index in [0.717, 1.165) is 47.4 Å². The second-order valence-corrected chi connectivity index (χ2v) is 5.79. The Morgan fingerprint density at radius 1 is 1.43 bits per heavy atom. The van der Waals surface area contributed by atoms with Gasteiger partial charge in [-0.3, -0.25) is 4.79 Å². The molecule has 0 bridgehead atoms. The molecule has 4 rings (SSSR count).